The number of halogens is 2. The largest absolute Gasteiger partial charge is 0.309 e. The van der Waals surface area contributed by atoms with Gasteiger partial charge in [-0.15, -0.1) is 0 Å². The molecule has 0 amide bonds. The Kier molecular flexibility index (Phi) is 4.72. The summed E-state index contributed by atoms with van der Waals surface area (Å²) >= 11 is 3.36. The molecule has 0 aliphatic heterocycles. The molecule has 19 heavy (non-hydrogen) atoms. The highest BCUT2D eigenvalue weighted by Crippen LogP contribution is 2.16. The van der Waals surface area contributed by atoms with E-state index in [1.807, 2.05) is 6.07 Å². The van der Waals surface area contributed by atoms with Crippen molar-refractivity contribution in [2.75, 3.05) is 0 Å². The fourth-order valence-electron chi connectivity index (χ4n) is 2.01. The van der Waals surface area contributed by atoms with Crippen LogP contribution < -0.4 is 5.32 Å². The van der Waals surface area contributed by atoms with Gasteiger partial charge >= 0.3 is 0 Å². The van der Waals surface area contributed by atoms with E-state index in [2.05, 4.69) is 53.3 Å². The molecule has 100 valence electrons. The van der Waals surface area contributed by atoms with Gasteiger partial charge in [-0.3, -0.25) is 0 Å². The second-order valence-electron chi connectivity index (χ2n) is 4.70. The Bertz CT molecular complexity index is 579. The predicted molar refractivity (Wildman–Crippen MR) is 80.6 cm³/mol. The Morgan fingerprint density at radius 3 is 2.58 bits per heavy atom. The van der Waals surface area contributed by atoms with Crippen LogP contribution in [0.2, 0.25) is 0 Å². The number of rotatable bonds is 4. The van der Waals surface area contributed by atoms with E-state index >= 15 is 0 Å². The summed E-state index contributed by atoms with van der Waals surface area (Å²) in [5, 5.41) is 3.29. The van der Waals surface area contributed by atoms with Gasteiger partial charge in [-0.05, 0) is 48.7 Å². The van der Waals surface area contributed by atoms with Gasteiger partial charge in [0, 0.05) is 23.1 Å². The van der Waals surface area contributed by atoms with Crippen molar-refractivity contribution in [3.63, 3.8) is 0 Å². The van der Waals surface area contributed by atoms with Gasteiger partial charge in [0.1, 0.15) is 5.82 Å². The van der Waals surface area contributed by atoms with Crippen molar-refractivity contribution in [1.29, 1.82) is 0 Å². The summed E-state index contributed by atoms with van der Waals surface area (Å²) in [5.41, 5.74) is 4.52. The van der Waals surface area contributed by atoms with Crippen LogP contribution >= 0.6 is 15.9 Å². The summed E-state index contributed by atoms with van der Waals surface area (Å²) in [6.07, 6.45) is 0. The highest BCUT2D eigenvalue weighted by atomic mass is 79.9. The number of aryl methyl sites for hydroxylation is 1. The predicted octanol–water partition coefficient (Wildman–Crippen LogP) is 4.49. The molecular formula is C16H17BrFN. The average molecular weight is 322 g/mol. The molecule has 2 rings (SSSR count). The molecule has 0 radical (unpaired) electrons. The Hall–Kier alpha value is -1.19. The van der Waals surface area contributed by atoms with Crippen molar-refractivity contribution in [2.24, 2.45) is 0 Å². The SMILES string of the molecule is Cc1cccc(CNCc2cc(Br)ccc2F)c1C. The molecular weight excluding hydrogens is 305 g/mol. The Labute approximate surface area is 122 Å². The lowest BCUT2D eigenvalue weighted by Gasteiger charge is -2.10. The van der Waals surface area contributed by atoms with Crippen molar-refractivity contribution in [3.8, 4) is 0 Å². The molecule has 3 heteroatoms. The molecule has 0 unspecified atom stereocenters. The Balaban J connectivity index is 2.00. The Morgan fingerprint density at radius 2 is 1.79 bits per heavy atom. The van der Waals surface area contributed by atoms with E-state index in [1.54, 1.807) is 6.07 Å². The van der Waals surface area contributed by atoms with Crippen LogP contribution in [0.5, 0.6) is 0 Å². The minimum absolute atomic E-state index is 0.170. The van der Waals surface area contributed by atoms with Crippen molar-refractivity contribution >= 4 is 15.9 Å². The van der Waals surface area contributed by atoms with E-state index in [4.69, 9.17) is 0 Å². The van der Waals surface area contributed by atoms with Crippen molar-refractivity contribution < 1.29 is 4.39 Å². The number of nitrogens with one attached hydrogen (secondary N) is 1. The summed E-state index contributed by atoms with van der Waals surface area (Å²) in [7, 11) is 0. The van der Waals surface area contributed by atoms with Crippen LogP contribution in [0.15, 0.2) is 40.9 Å². The highest BCUT2D eigenvalue weighted by molar-refractivity contribution is 9.10. The lowest BCUT2D eigenvalue weighted by molar-refractivity contribution is 0.587. The van der Waals surface area contributed by atoms with Gasteiger partial charge < -0.3 is 5.32 Å². The third-order valence-electron chi connectivity index (χ3n) is 3.36. The smallest absolute Gasteiger partial charge is 0.127 e. The molecule has 0 aliphatic carbocycles. The van der Waals surface area contributed by atoms with E-state index < -0.39 is 0 Å². The zero-order valence-electron chi connectivity index (χ0n) is 11.1. The van der Waals surface area contributed by atoms with Crippen LogP contribution in [0.25, 0.3) is 0 Å². The fraction of sp³-hybridized carbons (Fsp3) is 0.250. The van der Waals surface area contributed by atoms with E-state index in [0.717, 1.165) is 11.0 Å². The second kappa shape index (κ2) is 6.31. The summed E-state index contributed by atoms with van der Waals surface area (Å²) in [6, 6.07) is 11.3. The molecule has 2 aromatic carbocycles. The average Bonchev–Trinajstić information content (AvgIpc) is 2.38. The van der Waals surface area contributed by atoms with Gasteiger partial charge in [0.2, 0.25) is 0 Å². The first kappa shape index (κ1) is 14.2. The monoisotopic (exact) mass is 321 g/mol. The zero-order chi connectivity index (χ0) is 13.8. The molecule has 0 atom stereocenters. The van der Waals surface area contributed by atoms with Gasteiger partial charge in [0.25, 0.3) is 0 Å². The second-order valence-corrected chi connectivity index (χ2v) is 5.61. The molecule has 0 aliphatic rings. The summed E-state index contributed by atoms with van der Waals surface area (Å²) in [6.45, 7) is 5.50. The molecule has 2 aromatic rings. The summed E-state index contributed by atoms with van der Waals surface area (Å²) in [4.78, 5) is 0. The molecule has 0 saturated carbocycles. The van der Waals surface area contributed by atoms with Crippen molar-refractivity contribution in [3.05, 3.63) is 68.9 Å². The third kappa shape index (κ3) is 3.64. The van der Waals surface area contributed by atoms with Crippen LogP contribution in [0.1, 0.15) is 22.3 Å². The first-order valence-corrected chi connectivity index (χ1v) is 7.07. The minimum Gasteiger partial charge on any atom is -0.309 e. The molecule has 0 saturated heterocycles. The number of hydrogen-bond acceptors (Lipinski definition) is 1. The van der Waals surface area contributed by atoms with Crippen LogP contribution in [0.4, 0.5) is 4.39 Å². The van der Waals surface area contributed by atoms with E-state index in [1.165, 1.54) is 22.8 Å². The minimum atomic E-state index is -0.170. The number of hydrogen-bond donors (Lipinski definition) is 1. The molecule has 0 fully saturated rings. The molecule has 0 aromatic heterocycles. The van der Waals surface area contributed by atoms with Gasteiger partial charge in [-0.1, -0.05) is 34.1 Å². The van der Waals surface area contributed by atoms with Crippen LogP contribution in [-0.4, -0.2) is 0 Å². The lowest BCUT2D eigenvalue weighted by atomic mass is 10.0. The topological polar surface area (TPSA) is 12.0 Å². The summed E-state index contributed by atoms with van der Waals surface area (Å²) in [5.74, 6) is -0.170. The zero-order valence-corrected chi connectivity index (χ0v) is 12.7. The quantitative estimate of drug-likeness (QED) is 0.874. The van der Waals surface area contributed by atoms with Crippen molar-refractivity contribution in [2.45, 2.75) is 26.9 Å². The normalized spacial score (nSPS) is 10.7. The first-order chi connectivity index (χ1) is 9.08. The van der Waals surface area contributed by atoms with Crippen LogP contribution in [0, 0.1) is 19.7 Å². The van der Waals surface area contributed by atoms with Crippen molar-refractivity contribution in [1.82, 2.24) is 5.32 Å². The number of benzene rings is 2. The first-order valence-electron chi connectivity index (χ1n) is 6.27. The van der Waals surface area contributed by atoms with Gasteiger partial charge in [-0.25, -0.2) is 4.39 Å². The molecule has 0 bridgehead atoms. The lowest BCUT2D eigenvalue weighted by Crippen LogP contribution is -2.14. The summed E-state index contributed by atoms with van der Waals surface area (Å²) < 4.78 is 14.5. The maximum atomic E-state index is 13.6. The Morgan fingerprint density at radius 1 is 1.05 bits per heavy atom. The van der Waals surface area contributed by atoms with E-state index in [9.17, 15) is 4.39 Å². The molecule has 1 N–H and O–H groups in total. The standard InChI is InChI=1S/C16H17BrFN/c1-11-4-3-5-13(12(11)2)9-19-10-14-8-15(17)6-7-16(14)18/h3-8,19H,9-10H2,1-2H3. The van der Waals surface area contributed by atoms with E-state index in [-0.39, 0.29) is 5.82 Å². The fourth-order valence-corrected chi connectivity index (χ4v) is 2.42. The molecule has 0 spiro atoms. The van der Waals surface area contributed by atoms with Crippen LogP contribution in [-0.2, 0) is 13.1 Å². The maximum Gasteiger partial charge on any atom is 0.127 e. The highest BCUT2D eigenvalue weighted by Gasteiger charge is 2.04. The molecule has 0 heterocycles. The van der Waals surface area contributed by atoms with Crippen LogP contribution in [0.3, 0.4) is 0 Å². The van der Waals surface area contributed by atoms with Gasteiger partial charge in [0.15, 0.2) is 0 Å². The maximum absolute atomic E-state index is 13.6. The van der Waals surface area contributed by atoms with Gasteiger partial charge in [0.05, 0.1) is 0 Å². The van der Waals surface area contributed by atoms with Gasteiger partial charge in [-0.2, -0.15) is 0 Å². The van der Waals surface area contributed by atoms with E-state index in [0.29, 0.717) is 12.1 Å². The third-order valence-corrected chi connectivity index (χ3v) is 3.85. The molecule has 1 nitrogen and oxygen atoms in total.